The largest absolute Gasteiger partial charge is 0.487 e. The van der Waals surface area contributed by atoms with E-state index in [2.05, 4.69) is 11.8 Å². The van der Waals surface area contributed by atoms with E-state index in [1.165, 1.54) is 12.1 Å². The number of hydrogen-bond donors (Lipinski definition) is 0. The zero-order chi connectivity index (χ0) is 19.4. The first-order valence-corrected chi connectivity index (χ1v) is 9.67. The van der Waals surface area contributed by atoms with Crippen LogP contribution >= 0.6 is 23.8 Å². The van der Waals surface area contributed by atoms with Crippen molar-refractivity contribution in [2.24, 2.45) is 5.92 Å². The molecule has 0 amide bonds. The number of ether oxygens (including phenoxy) is 1. The van der Waals surface area contributed by atoms with Crippen molar-refractivity contribution in [3.8, 4) is 5.75 Å². The topological polar surface area (TPSA) is 55.6 Å². The van der Waals surface area contributed by atoms with Gasteiger partial charge < -0.3 is 9.64 Å². The molecule has 1 aliphatic rings. The normalized spacial score (nSPS) is 14.8. The Labute approximate surface area is 169 Å². The van der Waals surface area contributed by atoms with Crippen LogP contribution in [0.25, 0.3) is 0 Å². The minimum absolute atomic E-state index is 0.0405. The number of piperidine rings is 1. The third kappa shape index (κ3) is 4.96. The average molecular weight is 405 g/mol. The van der Waals surface area contributed by atoms with E-state index in [1.54, 1.807) is 18.2 Å². The molecule has 3 rings (SSSR count). The standard InChI is InChI=1S/C20H21ClN2O3S/c1-14-7-9-22(10-8-14)20(27)16-5-6-19(18(21)12-16)26-13-15-3-2-4-17(11-15)23(24)25/h2-6,11-12,14H,7-10,13H2,1H3. The summed E-state index contributed by atoms with van der Waals surface area (Å²) in [5.74, 6) is 1.28. The lowest BCUT2D eigenvalue weighted by molar-refractivity contribution is -0.384. The predicted molar refractivity (Wildman–Crippen MR) is 111 cm³/mol. The van der Waals surface area contributed by atoms with Crippen LogP contribution in [-0.2, 0) is 6.61 Å². The van der Waals surface area contributed by atoms with Crippen molar-refractivity contribution in [2.45, 2.75) is 26.4 Å². The number of nitro benzene ring substituents is 1. The van der Waals surface area contributed by atoms with Gasteiger partial charge in [-0.25, -0.2) is 0 Å². The lowest BCUT2D eigenvalue weighted by atomic mass is 9.99. The summed E-state index contributed by atoms with van der Waals surface area (Å²) in [5, 5.41) is 11.3. The Bertz CT molecular complexity index is 851. The summed E-state index contributed by atoms with van der Waals surface area (Å²) in [5.41, 5.74) is 1.66. The van der Waals surface area contributed by atoms with Gasteiger partial charge in [0.1, 0.15) is 17.3 Å². The molecule has 27 heavy (non-hydrogen) atoms. The van der Waals surface area contributed by atoms with Gasteiger partial charge in [-0.2, -0.15) is 0 Å². The molecule has 0 atom stereocenters. The number of hydrogen-bond acceptors (Lipinski definition) is 4. The van der Waals surface area contributed by atoms with Crippen LogP contribution < -0.4 is 4.74 Å². The molecule has 0 aliphatic carbocycles. The highest BCUT2D eigenvalue weighted by Gasteiger charge is 2.19. The van der Waals surface area contributed by atoms with Gasteiger partial charge in [-0.1, -0.05) is 42.9 Å². The molecule has 5 nitrogen and oxygen atoms in total. The molecule has 1 aliphatic heterocycles. The van der Waals surface area contributed by atoms with Crippen molar-refractivity contribution < 1.29 is 9.66 Å². The number of likely N-dealkylation sites (tertiary alicyclic amines) is 1. The fraction of sp³-hybridized carbons (Fsp3) is 0.350. The highest BCUT2D eigenvalue weighted by Crippen LogP contribution is 2.28. The lowest BCUT2D eigenvalue weighted by Crippen LogP contribution is -2.37. The fourth-order valence-corrected chi connectivity index (χ4v) is 3.61. The summed E-state index contributed by atoms with van der Waals surface area (Å²) >= 11 is 12.0. The van der Waals surface area contributed by atoms with E-state index in [-0.39, 0.29) is 12.3 Å². The summed E-state index contributed by atoms with van der Waals surface area (Å²) < 4.78 is 5.74. The van der Waals surface area contributed by atoms with Gasteiger partial charge in [0.15, 0.2) is 0 Å². The summed E-state index contributed by atoms with van der Waals surface area (Å²) in [6, 6.07) is 11.9. The summed E-state index contributed by atoms with van der Waals surface area (Å²) in [6.45, 7) is 4.42. The first kappa shape index (κ1) is 19.6. The number of non-ortho nitro benzene ring substituents is 1. The Morgan fingerprint density at radius 2 is 2.04 bits per heavy atom. The zero-order valence-electron chi connectivity index (χ0n) is 15.1. The fourth-order valence-electron chi connectivity index (χ4n) is 3.07. The van der Waals surface area contributed by atoms with Gasteiger partial charge in [0.25, 0.3) is 5.69 Å². The molecule has 1 saturated heterocycles. The monoisotopic (exact) mass is 404 g/mol. The van der Waals surface area contributed by atoms with Gasteiger partial charge in [0.2, 0.25) is 0 Å². The number of nitrogens with zero attached hydrogens (tertiary/aromatic N) is 2. The number of nitro groups is 1. The number of benzene rings is 2. The first-order chi connectivity index (χ1) is 12.9. The quantitative estimate of drug-likeness (QED) is 0.387. The maximum Gasteiger partial charge on any atom is 0.269 e. The van der Waals surface area contributed by atoms with Gasteiger partial charge in [0.05, 0.1) is 9.95 Å². The number of rotatable bonds is 5. The second kappa shape index (κ2) is 8.67. The maximum atomic E-state index is 10.9. The van der Waals surface area contributed by atoms with Crippen LogP contribution in [0, 0.1) is 16.0 Å². The second-order valence-electron chi connectivity index (χ2n) is 6.84. The molecule has 0 radical (unpaired) electrons. The molecule has 0 spiro atoms. The van der Waals surface area contributed by atoms with Crippen molar-refractivity contribution >= 4 is 34.5 Å². The number of halogens is 1. The van der Waals surface area contributed by atoms with Crippen molar-refractivity contribution in [2.75, 3.05) is 13.1 Å². The summed E-state index contributed by atoms with van der Waals surface area (Å²) in [7, 11) is 0. The molecule has 142 valence electrons. The van der Waals surface area contributed by atoms with E-state index in [0.29, 0.717) is 16.3 Å². The third-order valence-corrected chi connectivity index (χ3v) is 5.55. The van der Waals surface area contributed by atoms with E-state index in [4.69, 9.17) is 28.6 Å². The summed E-state index contributed by atoms with van der Waals surface area (Å²) in [4.78, 5) is 13.5. The highest BCUT2D eigenvalue weighted by atomic mass is 35.5. The second-order valence-corrected chi connectivity index (χ2v) is 7.63. The Morgan fingerprint density at radius 3 is 2.70 bits per heavy atom. The van der Waals surface area contributed by atoms with Crippen LogP contribution in [0.4, 0.5) is 5.69 Å². The Balaban J connectivity index is 1.65. The molecule has 0 aromatic heterocycles. The molecule has 7 heteroatoms. The van der Waals surface area contributed by atoms with Crippen molar-refractivity contribution in [1.82, 2.24) is 4.90 Å². The van der Waals surface area contributed by atoms with Gasteiger partial charge in [-0.05, 0) is 42.5 Å². The zero-order valence-corrected chi connectivity index (χ0v) is 16.6. The van der Waals surface area contributed by atoms with Crippen molar-refractivity contribution in [3.63, 3.8) is 0 Å². The van der Waals surface area contributed by atoms with E-state index >= 15 is 0 Å². The SMILES string of the molecule is CC1CCN(C(=S)c2ccc(OCc3cccc([N+](=O)[O-])c3)c(Cl)c2)CC1. The van der Waals surface area contributed by atoms with Gasteiger partial charge in [0, 0.05) is 30.8 Å². The van der Waals surface area contributed by atoms with Gasteiger partial charge >= 0.3 is 0 Å². The predicted octanol–water partition coefficient (Wildman–Crippen LogP) is 5.23. The molecule has 0 N–H and O–H groups in total. The van der Waals surface area contributed by atoms with E-state index < -0.39 is 4.92 Å². The average Bonchev–Trinajstić information content (AvgIpc) is 2.67. The van der Waals surface area contributed by atoms with Gasteiger partial charge in [-0.15, -0.1) is 0 Å². The molecule has 0 bridgehead atoms. The van der Waals surface area contributed by atoms with Crippen LogP contribution in [0.15, 0.2) is 42.5 Å². The van der Waals surface area contributed by atoms with Crippen LogP contribution in [0.5, 0.6) is 5.75 Å². The van der Waals surface area contributed by atoms with Crippen LogP contribution in [0.3, 0.4) is 0 Å². The van der Waals surface area contributed by atoms with Crippen LogP contribution in [0.2, 0.25) is 5.02 Å². The third-order valence-electron chi connectivity index (χ3n) is 4.77. The van der Waals surface area contributed by atoms with Crippen LogP contribution in [-0.4, -0.2) is 27.9 Å². The molecule has 2 aromatic carbocycles. The van der Waals surface area contributed by atoms with E-state index in [0.717, 1.165) is 42.4 Å². The first-order valence-electron chi connectivity index (χ1n) is 8.89. The van der Waals surface area contributed by atoms with Crippen LogP contribution in [0.1, 0.15) is 30.9 Å². The Hall–Kier alpha value is -2.18. The van der Waals surface area contributed by atoms with E-state index in [1.807, 2.05) is 12.1 Å². The Kier molecular flexibility index (Phi) is 6.29. The number of thiocarbonyl (C=S) groups is 1. The minimum atomic E-state index is -0.423. The smallest absolute Gasteiger partial charge is 0.269 e. The maximum absolute atomic E-state index is 10.9. The van der Waals surface area contributed by atoms with Gasteiger partial charge in [-0.3, -0.25) is 10.1 Å². The van der Waals surface area contributed by atoms with Crippen molar-refractivity contribution in [1.29, 1.82) is 0 Å². The summed E-state index contributed by atoms with van der Waals surface area (Å²) in [6.07, 6.45) is 2.30. The Morgan fingerprint density at radius 1 is 1.30 bits per heavy atom. The molecule has 1 heterocycles. The lowest BCUT2D eigenvalue weighted by Gasteiger charge is -2.32. The minimum Gasteiger partial charge on any atom is -0.487 e. The molecular formula is C20H21ClN2O3S. The molecule has 0 saturated carbocycles. The molecule has 0 unspecified atom stereocenters. The molecular weight excluding hydrogens is 384 g/mol. The molecule has 1 fully saturated rings. The molecule has 2 aromatic rings. The highest BCUT2D eigenvalue weighted by molar-refractivity contribution is 7.80. The van der Waals surface area contributed by atoms with Crippen molar-refractivity contribution in [3.05, 3.63) is 68.7 Å². The van der Waals surface area contributed by atoms with E-state index in [9.17, 15) is 10.1 Å².